The van der Waals surface area contributed by atoms with Crippen LogP contribution in [0, 0.1) is 5.92 Å². The first kappa shape index (κ1) is 20.7. The summed E-state index contributed by atoms with van der Waals surface area (Å²) in [4.78, 5) is 28.9. The summed E-state index contributed by atoms with van der Waals surface area (Å²) in [6.45, 7) is 0.742. The highest BCUT2D eigenvalue weighted by Crippen LogP contribution is 2.23. The summed E-state index contributed by atoms with van der Waals surface area (Å²) in [6.07, 6.45) is 3.77. The average molecular weight is 385 g/mol. The minimum atomic E-state index is -0.847. The Morgan fingerprint density at radius 1 is 1.12 bits per heavy atom. The monoisotopic (exact) mass is 384 g/mol. The Balaban J connectivity index is 0.00000156. The van der Waals surface area contributed by atoms with E-state index in [9.17, 15) is 9.59 Å². The molecule has 1 N–H and O–H groups in total. The number of rotatable bonds is 4. The van der Waals surface area contributed by atoms with Crippen LogP contribution in [-0.4, -0.2) is 40.0 Å². The van der Waals surface area contributed by atoms with Crippen molar-refractivity contribution in [2.75, 3.05) is 13.1 Å². The Kier molecular flexibility index (Phi) is 7.67. The highest BCUT2D eigenvalue weighted by atomic mass is 35.5. The van der Waals surface area contributed by atoms with Gasteiger partial charge >= 0.3 is 5.97 Å². The lowest BCUT2D eigenvalue weighted by Gasteiger charge is -2.16. The minimum absolute atomic E-state index is 0. The number of ether oxygens (including phenoxy) is 1. The van der Waals surface area contributed by atoms with Crippen molar-refractivity contribution in [2.24, 2.45) is 5.92 Å². The molecule has 1 fully saturated rings. The van der Waals surface area contributed by atoms with E-state index in [0.717, 1.165) is 0 Å². The van der Waals surface area contributed by atoms with Crippen LogP contribution in [0.3, 0.4) is 0 Å². The van der Waals surface area contributed by atoms with Gasteiger partial charge in [0.1, 0.15) is 11.5 Å². The molecule has 0 saturated carbocycles. The lowest BCUT2D eigenvalue weighted by Crippen LogP contribution is -2.29. The first-order chi connectivity index (χ1) is 11.1. The van der Waals surface area contributed by atoms with Crippen LogP contribution in [0.15, 0.2) is 48.8 Å². The van der Waals surface area contributed by atoms with Crippen LogP contribution >= 0.6 is 24.8 Å². The highest BCUT2D eigenvalue weighted by molar-refractivity contribution is 5.95. The molecule has 25 heavy (non-hydrogen) atoms. The number of likely N-dealkylation sites (tertiary alicyclic amines) is 1. The van der Waals surface area contributed by atoms with E-state index >= 15 is 0 Å². The molecule has 0 aliphatic carbocycles. The van der Waals surface area contributed by atoms with E-state index in [2.05, 4.69) is 4.98 Å². The molecule has 1 unspecified atom stereocenters. The molecule has 6 nitrogen and oxygen atoms in total. The van der Waals surface area contributed by atoms with Crippen molar-refractivity contribution in [2.45, 2.75) is 6.42 Å². The Morgan fingerprint density at radius 2 is 1.84 bits per heavy atom. The minimum Gasteiger partial charge on any atom is -0.481 e. The molecular weight excluding hydrogens is 367 g/mol. The summed E-state index contributed by atoms with van der Waals surface area (Å²) in [5.74, 6) is -0.232. The van der Waals surface area contributed by atoms with Gasteiger partial charge in [0.2, 0.25) is 0 Å². The lowest BCUT2D eigenvalue weighted by atomic mass is 10.1. The van der Waals surface area contributed by atoms with Crippen molar-refractivity contribution in [3.05, 3.63) is 54.4 Å². The van der Waals surface area contributed by atoms with Gasteiger partial charge in [-0.25, -0.2) is 0 Å². The first-order valence-corrected chi connectivity index (χ1v) is 7.33. The predicted octanol–water partition coefficient (Wildman–Crippen LogP) is 3.26. The third kappa shape index (κ3) is 5.08. The van der Waals surface area contributed by atoms with Gasteiger partial charge in [0.15, 0.2) is 0 Å². The number of halogens is 2. The SMILES string of the molecule is Cl.Cl.O=C(O)C1CCN(C(=O)c2ccc(Oc3cccnc3)cc2)C1. The largest absolute Gasteiger partial charge is 0.481 e. The van der Waals surface area contributed by atoms with Crippen LogP contribution in [0.4, 0.5) is 0 Å². The van der Waals surface area contributed by atoms with Crippen LogP contribution in [0.5, 0.6) is 11.5 Å². The van der Waals surface area contributed by atoms with Gasteiger partial charge in [-0.15, -0.1) is 24.8 Å². The highest BCUT2D eigenvalue weighted by Gasteiger charge is 2.31. The van der Waals surface area contributed by atoms with Gasteiger partial charge < -0.3 is 14.7 Å². The van der Waals surface area contributed by atoms with Crippen LogP contribution in [0.25, 0.3) is 0 Å². The molecule has 0 bridgehead atoms. The predicted molar refractivity (Wildman–Crippen MR) is 96.9 cm³/mol. The number of aromatic nitrogens is 1. The maximum Gasteiger partial charge on any atom is 0.308 e. The Morgan fingerprint density at radius 3 is 2.40 bits per heavy atom. The number of carboxylic acids is 1. The van der Waals surface area contributed by atoms with E-state index < -0.39 is 11.9 Å². The van der Waals surface area contributed by atoms with Crippen molar-refractivity contribution < 1.29 is 19.4 Å². The molecule has 134 valence electrons. The number of amides is 1. The number of carbonyl (C=O) groups excluding carboxylic acids is 1. The molecule has 1 saturated heterocycles. The van der Waals surface area contributed by atoms with E-state index in [1.807, 2.05) is 0 Å². The zero-order chi connectivity index (χ0) is 16.2. The number of carboxylic acid groups (broad SMARTS) is 1. The number of hydrogen-bond donors (Lipinski definition) is 1. The lowest BCUT2D eigenvalue weighted by molar-refractivity contribution is -0.141. The zero-order valence-electron chi connectivity index (χ0n) is 13.2. The molecule has 1 aliphatic rings. The molecule has 2 aromatic rings. The van der Waals surface area contributed by atoms with Crippen molar-refractivity contribution in [1.82, 2.24) is 9.88 Å². The number of benzene rings is 1. The number of aliphatic carboxylic acids is 1. The smallest absolute Gasteiger partial charge is 0.308 e. The summed E-state index contributed by atoms with van der Waals surface area (Å²) in [7, 11) is 0. The molecule has 1 atom stereocenters. The fourth-order valence-electron chi connectivity index (χ4n) is 2.54. The number of pyridine rings is 1. The summed E-state index contributed by atoms with van der Waals surface area (Å²) < 4.78 is 5.62. The van der Waals surface area contributed by atoms with Crippen LogP contribution in [-0.2, 0) is 4.79 Å². The summed E-state index contributed by atoms with van der Waals surface area (Å²) >= 11 is 0. The fraction of sp³-hybridized carbons (Fsp3) is 0.235. The number of hydrogen-bond acceptors (Lipinski definition) is 4. The average Bonchev–Trinajstić information content (AvgIpc) is 3.06. The second-order valence-electron chi connectivity index (χ2n) is 5.39. The second kappa shape index (κ2) is 9.25. The zero-order valence-corrected chi connectivity index (χ0v) is 14.8. The summed E-state index contributed by atoms with van der Waals surface area (Å²) in [5, 5.41) is 9.00. The first-order valence-electron chi connectivity index (χ1n) is 7.33. The van der Waals surface area contributed by atoms with E-state index in [0.29, 0.717) is 30.0 Å². The maximum absolute atomic E-state index is 12.4. The fourth-order valence-corrected chi connectivity index (χ4v) is 2.54. The van der Waals surface area contributed by atoms with E-state index in [1.165, 1.54) is 0 Å². The van der Waals surface area contributed by atoms with Gasteiger partial charge in [-0.1, -0.05) is 0 Å². The van der Waals surface area contributed by atoms with E-state index in [1.54, 1.807) is 53.7 Å². The molecule has 1 aromatic heterocycles. The van der Waals surface area contributed by atoms with Gasteiger partial charge in [-0.3, -0.25) is 14.6 Å². The molecule has 1 aliphatic heterocycles. The van der Waals surface area contributed by atoms with Crippen molar-refractivity contribution in [3.8, 4) is 11.5 Å². The van der Waals surface area contributed by atoms with Gasteiger partial charge in [0, 0.05) is 24.8 Å². The molecule has 8 heteroatoms. The third-order valence-electron chi connectivity index (χ3n) is 3.80. The number of nitrogens with zero attached hydrogens (tertiary/aromatic N) is 2. The van der Waals surface area contributed by atoms with Crippen LogP contribution < -0.4 is 4.74 Å². The molecule has 0 radical (unpaired) electrons. The molecule has 1 aromatic carbocycles. The van der Waals surface area contributed by atoms with E-state index in [4.69, 9.17) is 9.84 Å². The Bertz CT molecular complexity index is 710. The standard InChI is InChI=1S/C17H16N2O4.2ClH/c20-16(19-9-7-13(11-19)17(21)22)12-3-5-14(6-4-12)23-15-2-1-8-18-10-15;;/h1-6,8,10,13H,7,9,11H2,(H,21,22);2*1H. The normalized spacial score (nSPS) is 15.7. The molecule has 1 amide bonds. The molecular formula is C17H18Cl2N2O4. The second-order valence-corrected chi connectivity index (χ2v) is 5.39. The Hall–Kier alpha value is -2.31. The molecule has 3 rings (SSSR count). The van der Waals surface area contributed by atoms with Crippen molar-refractivity contribution in [1.29, 1.82) is 0 Å². The van der Waals surface area contributed by atoms with Gasteiger partial charge in [-0.2, -0.15) is 0 Å². The van der Waals surface area contributed by atoms with Crippen LogP contribution in [0.1, 0.15) is 16.8 Å². The molecule has 2 heterocycles. The van der Waals surface area contributed by atoms with Gasteiger partial charge in [0.25, 0.3) is 5.91 Å². The number of carbonyl (C=O) groups is 2. The molecule has 0 spiro atoms. The topological polar surface area (TPSA) is 79.7 Å². The van der Waals surface area contributed by atoms with Crippen LogP contribution in [0.2, 0.25) is 0 Å². The van der Waals surface area contributed by atoms with Gasteiger partial charge in [-0.05, 0) is 42.8 Å². The summed E-state index contributed by atoms with van der Waals surface area (Å²) in [5.41, 5.74) is 0.523. The third-order valence-corrected chi connectivity index (χ3v) is 3.80. The van der Waals surface area contributed by atoms with Crippen molar-refractivity contribution >= 4 is 36.7 Å². The quantitative estimate of drug-likeness (QED) is 0.874. The maximum atomic E-state index is 12.4. The van der Waals surface area contributed by atoms with Crippen molar-refractivity contribution in [3.63, 3.8) is 0 Å². The van der Waals surface area contributed by atoms with Gasteiger partial charge in [0.05, 0.1) is 12.1 Å². The summed E-state index contributed by atoms with van der Waals surface area (Å²) in [6, 6.07) is 10.4. The Labute approximate surface area is 157 Å². The van der Waals surface area contributed by atoms with E-state index in [-0.39, 0.29) is 37.3 Å².